The average Bonchev–Trinajstić information content (AvgIpc) is 2.76. The maximum Gasteiger partial charge on any atom is 0.118 e. The highest BCUT2D eigenvalue weighted by molar-refractivity contribution is 7.10. The molecule has 0 bridgehead atoms. The molecule has 90 valence electrons. The zero-order valence-corrected chi connectivity index (χ0v) is 11.1. The standard InChI is InChI=1S/C13H14ClNOS/c1-16-12-4-2-10(3-5-12)7-15-8-13-6-11(14)9-17-13/h2-6,9,15H,7-8H2,1H3. The Balaban J connectivity index is 1.81. The van der Waals surface area contributed by atoms with Gasteiger partial charge in [-0.25, -0.2) is 0 Å². The van der Waals surface area contributed by atoms with Crippen molar-refractivity contribution in [2.24, 2.45) is 0 Å². The Hall–Kier alpha value is -1.03. The lowest BCUT2D eigenvalue weighted by Gasteiger charge is -2.04. The van der Waals surface area contributed by atoms with E-state index >= 15 is 0 Å². The van der Waals surface area contributed by atoms with Gasteiger partial charge in [-0.3, -0.25) is 0 Å². The van der Waals surface area contributed by atoms with Crippen LogP contribution >= 0.6 is 22.9 Å². The van der Waals surface area contributed by atoms with Crippen LogP contribution in [0.5, 0.6) is 5.75 Å². The summed E-state index contributed by atoms with van der Waals surface area (Å²) in [5, 5.41) is 6.15. The maximum absolute atomic E-state index is 5.86. The van der Waals surface area contributed by atoms with Gasteiger partial charge in [0, 0.05) is 23.3 Å². The number of ether oxygens (including phenoxy) is 1. The number of halogens is 1. The molecule has 0 fully saturated rings. The van der Waals surface area contributed by atoms with E-state index < -0.39 is 0 Å². The van der Waals surface area contributed by atoms with Crippen LogP contribution in [0, 0.1) is 0 Å². The van der Waals surface area contributed by atoms with Crippen molar-refractivity contribution in [3.05, 3.63) is 51.2 Å². The van der Waals surface area contributed by atoms with Crippen LogP contribution in [0.25, 0.3) is 0 Å². The quantitative estimate of drug-likeness (QED) is 0.892. The summed E-state index contributed by atoms with van der Waals surface area (Å²) in [5.41, 5.74) is 1.24. The van der Waals surface area contributed by atoms with Crippen molar-refractivity contribution < 1.29 is 4.74 Å². The zero-order chi connectivity index (χ0) is 12.1. The minimum Gasteiger partial charge on any atom is -0.497 e. The smallest absolute Gasteiger partial charge is 0.118 e. The molecule has 17 heavy (non-hydrogen) atoms. The summed E-state index contributed by atoms with van der Waals surface area (Å²) in [6.07, 6.45) is 0. The Morgan fingerprint density at radius 2 is 2.00 bits per heavy atom. The van der Waals surface area contributed by atoms with Gasteiger partial charge >= 0.3 is 0 Å². The molecule has 0 radical (unpaired) electrons. The fourth-order valence-corrected chi connectivity index (χ4v) is 2.56. The predicted octanol–water partition coefficient (Wildman–Crippen LogP) is 3.70. The fourth-order valence-electron chi connectivity index (χ4n) is 1.52. The number of methoxy groups -OCH3 is 1. The van der Waals surface area contributed by atoms with E-state index in [9.17, 15) is 0 Å². The van der Waals surface area contributed by atoms with E-state index in [4.69, 9.17) is 16.3 Å². The highest BCUT2D eigenvalue weighted by Crippen LogP contribution is 2.19. The first-order valence-corrected chi connectivity index (χ1v) is 6.60. The minimum absolute atomic E-state index is 0.816. The Morgan fingerprint density at radius 1 is 1.24 bits per heavy atom. The lowest BCUT2D eigenvalue weighted by molar-refractivity contribution is 0.414. The molecular formula is C13H14ClNOS. The van der Waals surface area contributed by atoms with Gasteiger partial charge < -0.3 is 10.1 Å². The second kappa shape index (κ2) is 6.05. The van der Waals surface area contributed by atoms with E-state index in [1.165, 1.54) is 10.4 Å². The van der Waals surface area contributed by atoms with Gasteiger partial charge in [0.1, 0.15) is 5.75 Å². The predicted molar refractivity (Wildman–Crippen MR) is 72.9 cm³/mol. The average molecular weight is 268 g/mol. The van der Waals surface area contributed by atoms with Crippen molar-refractivity contribution in [3.63, 3.8) is 0 Å². The van der Waals surface area contributed by atoms with Crippen molar-refractivity contribution >= 4 is 22.9 Å². The van der Waals surface area contributed by atoms with Crippen LogP contribution in [0.1, 0.15) is 10.4 Å². The van der Waals surface area contributed by atoms with Crippen molar-refractivity contribution in [1.29, 1.82) is 0 Å². The summed E-state index contributed by atoms with van der Waals surface area (Å²) in [5.74, 6) is 0.888. The first-order valence-electron chi connectivity index (χ1n) is 5.34. The van der Waals surface area contributed by atoms with Gasteiger partial charge in [-0.2, -0.15) is 0 Å². The number of thiophene rings is 1. The second-order valence-electron chi connectivity index (χ2n) is 3.68. The third-order valence-corrected chi connectivity index (χ3v) is 3.69. The maximum atomic E-state index is 5.86. The molecule has 0 aliphatic heterocycles. The molecule has 0 amide bonds. The largest absolute Gasteiger partial charge is 0.497 e. The first-order chi connectivity index (χ1) is 8.28. The molecule has 2 nitrogen and oxygen atoms in total. The molecule has 2 rings (SSSR count). The minimum atomic E-state index is 0.816. The van der Waals surface area contributed by atoms with Gasteiger partial charge in [0.05, 0.1) is 12.1 Å². The van der Waals surface area contributed by atoms with Gasteiger partial charge in [-0.05, 0) is 23.8 Å². The Bertz CT molecular complexity index is 467. The van der Waals surface area contributed by atoms with Crippen LogP contribution in [0.4, 0.5) is 0 Å². The molecule has 0 saturated heterocycles. The van der Waals surface area contributed by atoms with Crippen LogP contribution in [-0.2, 0) is 13.1 Å². The Labute approximate surface area is 110 Å². The highest BCUT2D eigenvalue weighted by atomic mass is 35.5. The van der Waals surface area contributed by atoms with E-state index in [-0.39, 0.29) is 0 Å². The third kappa shape index (κ3) is 3.73. The van der Waals surface area contributed by atoms with E-state index in [0.29, 0.717) is 0 Å². The molecule has 2 aromatic rings. The molecule has 0 aliphatic rings. The topological polar surface area (TPSA) is 21.3 Å². The van der Waals surface area contributed by atoms with E-state index in [1.54, 1.807) is 18.4 Å². The number of rotatable bonds is 5. The van der Waals surface area contributed by atoms with Gasteiger partial charge in [0.25, 0.3) is 0 Å². The molecule has 1 aromatic carbocycles. The summed E-state index contributed by atoms with van der Waals surface area (Å²) in [6.45, 7) is 1.70. The van der Waals surface area contributed by atoms with Gasteiger partial charge in [-0.1, -0.05) is 23.7 Å². The molecule has 1 aromatic heterocycles. The summed E-state index contributed by atoms with van der Waals surface area (Å²) >= 11 is 7.53. The lowest BCUT2D eigenvalue weighted by Crippen LogP contribution is -2.11. The molecule has 4 heteroatoms. The van der Waals surface area contributed by atoms with Crippen molar-refractivity contribution in [3.8, 4) is 5.75 Å². The van der Waals surface area contributed by atoms with Gasteiger partial charge in [0.15, 0.2) is 0 Å². The normalized spacial score (nSPS) is 10.5. The van der Waals surface area contributed by atoms with Gasteiger partial charge in [0.2, 0.25) is 0 Å². The molecule has 0 atom stereocenters. The van der Waals surface area contributed by atoms with E-state index in [2.05, 4.69) is 17.4 Å². The number of hydrogen-bond donors (Lipinski definition) is 1. The highest BCUT2D eigenvalue weighted by Gasteiger charge is 1.98. The van der Waals surface area contributed by atoms with E-state index in [0.717, 1.165) is 23.9 Å². The Morgan fingerprint density at radius 3 is 2.59 bits per heavy atom. The van der Waals surface area contributed by atoms with Gasteiger partial charge in [-0.15, -0.1) is 11.3 Å². The van der Waals surface area contributed by atoms with Crippen molar-refractivity contribution in [1.82, 2.24) is 5.32 Å². The van der Waals surface area contributed by atoms with Crippen LogP contribution in [0.3, 0.4) is 0 Å². The van der Waals surface area contributed by atoms with Crippen molar-refractivity contribution in [2.45, 2.75) is 13.1 Å². The van der Waals surface area contributed by atoms with Crippen molar-refractivity contribution in [2.75, 3.05) is 7.11 Å². The molecule has 0 unspecified atom stereocenters. The number of nitrogens with one attached hydrogen (secondary N) is 1. The second-order valence-corrected chi connectivity index (χ2v) is 5.12. The fraction of sp³-hybridized carbons (Fsp3) is 0.231. The summed E-state index contributed by atoms with van der Waals surface area (Å²) in [6, 6.07) is 10.1. The number of benzene rings is 1. The molecular weight excluding hydrogens is 254 g/mol. The zero-order valence-electron chi connectivity index (χ0n) is 9.57. The summed E-state index contributed by atoms with van der Waals surface area (Å²) in [4.78, 5) is 1.25. The van der Waals surface area contributed by atoms with Crippen LogP contribution in [0.2, 0.25) is 5.02 Å². The van der Waals surface area contributed by atoms with Crippen LogP contribution in [0.15, 0.2) is 35.7 Å². The summed E-state index contributed by atoms with van der Waals surface area (Å²) in [7, 11) is 1.67. The molecule has 1 heterocycles. The SMILES string of the molecule is COc1ccc(CNCc2cc(Cl)cs2)cc1. The lowest BCUT2D eigenvalue weighted by atomic mass is 10.2. The summed E-state index contributed by atoms with van der Waals surface area (Å²) < 4.78 is 5.11. The molecule has 0 aliphatic carbocycles. The molecule has 0 saturated carbocycles. The molecule has 1 N–H and O–H groups in total. The Kier molecular flexibility index (Phi) is 4.42. The van der Waals surface area contributed by atoms with E-state index in [1.807, 2.05) is 23.6 Å². The first kappa shape index (κ1) is 12.4. The van der Waals surface area contributed by atoms with Crippen LogP contribution < -0.4 is 10.1 Å². The third-order valence-electron chi connectivity index (χ3n) is 2.41. The van der Waals surface area contributed by atoms with Crippen LogP contribution in [-0.4, -0.2) is 7.11 Å². The monoisotopic (exact) mass is 267 g/mol. The molecule has 0 spiro atoms. The number of hydrogen-bond acceptors (Lipinski definition) is 3.